The van der Waals surface area contributed by atoms with Crippen LogP contribution in [0.2, 0.25) is 0 Å². The number of fused-ring (bicyclic) bond motifs is 1. The number of aromatic nitrogens is 1. The van der Waals surface area contributed by atoms with E-state index in [2.05, 4.69) is 32.4 Å². The molecule has 0 saturated heterocycles. The molecule has 0 atom stereocenters. The maximum atomic E-state index is 12.5. The van der Waals surface area contributed by atoms with E-state index >= 15 is 0 Å². The van der Waals surface area contributed by atoms with Gasteiger partial charge in [-0.3, -0.25) is 9.59 Å². The Labute approximate surface area is 158 Å². The van der Waals surface area contributed by atoms with Gasteiger partial charge in [-0.15, -0.1) is 0 Å². The summed E-state index contributed by atoms with van der Waals surface area (Å²) >= 11 is 4.98. The molecule has 0 aliphatic carbocycles. The summed E-state index contributed by atoms with van der Waals surface area (Å²) in [5, 5.41) is 0. The van der Waals surface area contributed by atoms with Crippen LogP contribution in [-0.2, 0) is 6.54 Å². The van der Waals surface area contributed by atoms with E-state index in [0.717, 1.165) is 27.7 Å². The molecular weight excluding hydrogens is 400 g/mol. The number of nitrogens with zero attached hydrogens (tertiary/aromatic N) is 2. The van der Waals surface area contributed by atoms with Gasteiger partial charge in [0, 0.05) is 22.1 Å². The van der Waals surface area contributed by atoms with E-state index in [0.29, 0.717) is 15.9 Å². The summed E-state index contributed by atoms with van der Waals surface area (Å²) in [4.78, 5) is 28.9. The minimum absolute atomic E-state index is 0.0215. The smallest absolute Gasteiger partial charge is 0.279 e. The van der Waals surface area contributed by atoms with Gasteiger partial charge in [-0.2, -0.15) is 4.99 Å². The third kappa shape index (κ3) is 3.80. The number of halogens is 1. The van der Waals surface area contributed by atoms with Crippen molar-refractivity contribution in [3.05, 3.63) is 62.9 Å². The average Bonchev–Trinajstić information content (AvgIpc) is 2.91. The molecule has 128 valence electrons. The summed E-state index contributed by atoms with van der Waals surface area (Å²) in [5.41, 5.74) is 2.14. The second kappa shape index (κ2) is 7.45. The van der Waals surface area contributed by atoms with E-state index in [1.807, 2.05) is 18.2 Å². The van der Waals surface area contributed by atoms with E-state index in [4.69, 9.17) is 0 Å². The number of Topliss-reactive ketones (excluding diaryl/α,β-unsaturated/α-hetero) is 1. The van der Waals surface area contributed by atoms with Crippen molar-refractivity contribution < 1.29 is 9.59 Å². The zero-order chi connectivity index (χ0) is 18.0. The molecule has 1 aromatic heterocycles. The van der Waals surface area contributed by atoms with Crippen LogP contribution in [0.3, 0.4) is 0 Å². The predicted octanol–water partition coefficient (Wildman–Crippen LogP) is 4.82. The van der Waals surface area contributed by atoms with Crippen LogP contribution in [-0.4, -0.2) is 16.3 Å². The van der Waals surface area contributed by atoms with Crippen molar-refractivity contribution in [1.29, 1.82) is 0 Å². The van der Waals surface area contributed by atoms with Gasteiger partial charge in [-0.25, -0.2) is 0 Å². The third-order valence-corrected chi connectivity index (χ3v) is 5.36. The Morgan fingerprint density at radius 3 is 2.44 bits per heavy atom. The second-order valence-electron chi connectivity index (χ2n) is 5.70. The zero-order valence-electron chi connectivity index (χ0n) is 14.0. The van der Waals surface area contributed by atoms with E-state index in [1.165, 1.54) is 18.3 Å². The Morgan fingerprint density at radius 2 is 1.80 bits per heavy atom. The molecule has 3 rings (SSSR count). The topological polar surface area (TPSA) is 51.4 Å². The van der Waals surface area contributed by atoms with Gasteiger partial charge in [0.15, 0.2) is 10.6 Å². The molecule has 0 bridgehead atoms. The van der Waals surface area contributed by atoms with Crippen molar-refractivity contribution in [2.75, 3.05) is 0 Å². The fourth-order valence-electron chi connectivity index (χ4n) is 2.57. The number of thiazole rings is 1. The Bertz CT molecular complexity index is 1020. The van der Waals surface area contributed by atoms with Crippen LogP contribution in [0.4, 0.5) is 0 Å². The van der Waals surface area contributed by atoms with Crippen molar-refractivity contribution in [3.63, 3.8) is 0 Å². The molecule has 0 aliphatic heterocycles. The first-order valence-corrected chi connectivity index (χ1v) is 9.59. The second-order valence-corrected chi connectivity index (χ2v) is 7.62. The number of ketones is 1. The summed E-state index contributed by atoms with van der Waals surface area (Å²) in [6.07, 6.45) is 0.955. The van der Waals surface area contributed by atoms with Gasteiger partial charge >= 0.3 is 0 Å². The maximum absolute atomic E-state index is 12.5. The standard InChI is InChI=1S/C19H17BrN2O2S/c1-3-10-22-16-9-8-15(20)11-17(16)25-19(22)21-18(24)14-6-4-13(5-7-14)12(2)23/h4-9,11H,3,10H2,1-2H3. The number of aryl methyl sites for hydroxylation is 1. The first kappa shape index (κ1) is 17.8. The summed E-state index contributed by atoms with van der Waals surface area (Å²) in [7, 11) is 0. The van der Waals surface area contributed by atoms with Crippen molar-refractivity contribution in [1.82, 2.24) is 4.57 Å². The highest BCUT2D eigenvalue weighted by Crippen LogP contribution is 2.22. The molecule has 0 radical (unpaired) electrons. The molecule has 0 unspecified atom stereocenters. The van der Waals surface area contributed by atoms with Crippen LogP contribution in [0.15, 0.2) is 51.9 Å². The lowest BCUT2D eigenvalue weighted by atomic mass is 10.1. The number of carbonyl (C=O) groups is 2. The number of carbonyl (C=O) groups excluding carboxylic acids is 2. The highest BCUT2D eigenvalue weighted by molar-refractivity contribution is 9.10. The Morgan fingerprint density at radius 1 is 1.12 bits per heavy atom. The number of benzene rings is 2. The van der Waals surface area contributed by atoms with Crippen LogP contribution in [0.25, 0.3) is 10.2 Å². The normalized spacial score (nSPS) is 11.9. The van der Waals surface area contributed by atoms with Gasteiger partial charge in [0.2, 0.25) is 0 Å². The highest BCUT2D eigenvalue weighted by Gasteiger charge is 2.10. The minimum atomic E-state index is -0.300. The highest BCUT2D eigenvalue weighted by atomic mass is 79.9. The lowest BCUT2D eigenvalue weighted by Gasteiger charge is -2.02. The maximum Gasteiger partial charge on any atom is 0.279 e. The fourth-order valence-corrected chi connectivity index (χ4v) is 4.18. The lowest BCUT2D eigenvalue weighted by Crippen LogP contribution is -2.16. The molecule has 0 fully saturated rings. The molecule has 4 nitrogen and oxygen atoms in total. The molecule has 6 heteroatoms. The monoisotopic (exact) mass is 416 g/mol. The molecule has 2 aromatic carbocycles. The van der Waals surface area contributed by atoms with Crippen molar-refractivity contribution in [2.45, 2.75) is 26.8 Å². The fraction of sp³-hybridized carbons (Fsp3) is 0.211. The Balaban J connectivity index is 2.06. The number of hydrogen-bond acceptors (Lipinski definition) is 3. The van der Waals surface area contributed by atoms with Gasteiger partial charge in [0.05, 0.1) is 10.2 Å². The molecule has 0 N–H and O–H groups in total. The number of amides is 1. The van der Waals surface area contributed by atoms with Crippen molar-refractivity contribution >= 4 is 49.2 Å². The quantitative estimate of drug-likeness (QED) is 0.572. The predicted molar refractivity (Wildman–Crippen MR) is 104 cm³/mol. The molecule has 0 spiro atoms. The van der Waals surface area contributed by atoms with Gasteiger partial charge in [-0.05, 0) is 43.7 Å². The zero-order valence-corrected chi connectivity index (χ0v) is 16.4. The molecule has 3 aromatic rings. The molecule has 1 amide bonds. The van der Waals surface area contributed by atoms with Crippen LogP contribution in [0.5, 0.6) is 0 Å². The SMILES string of the molecule is CCCn1c(=NC(=O)c2ccc(C(C)=O)cc2)sc2cc(Br)ccc21. The summed E-state index contributed by atoms with van der Waals surface area (Å²) in [5.74, 6) is -0.322. The summed E-state index contributed by atoms with van der Waals surface area (Å²) in [6, 6.07) is 12.7. The minimum Gasteiger partial charge on any atom is -0.316 e. The van der Waals surface area contributed by atoms with Crippen molar-refractivity contribution in [3.8, 4) is 0 Å². The van der Waals surface area contributed by atoms with E-state index < -0.39 is 0 Å². The van der Waals surface area contributed by atoms with Gasteiger partial charge < -0.3 is 4.57 Å². The molecule has 25 heavy (non-hydrogen) atoms. The average molecular weight is 417 g/mol. The number of rotatable bonds is 4. The largest absolute Gasteiger partial charge is 0.316 e. The first-order valence-electron chi connectivity index (χ1n) is 7.98. The van der Waals surface area contributed by atoms with Crippen LogP contribution >= 0.6 is 27.3 Å². The first-order chi connectivity index (χ1) is 12.0. The van der Waals surface area contributed by atoms with E-state index in [9.17, 15) is 9.59 Å². The molecule has 0 aliphatic rings. The number of hydrogen-bond donors (Lipinski definition) is 0. The van der Waals surface area contributed by atoms with Crippen molar-refractivity contribution in [2.24, 2.45) is 4.99 Å². The molecular formula is C19H17BrN2O2S. The summed E-state index contributed by atoms with van der Waals surface area (Å²) < 4.78 is 4.16. The third-order valence-electron chi connectivity index (χ3n) is 3.83. The van der Waals surface area contributed by atoms with Gasteiger partial charge in [0.25, 0.3) is 5.91 Å². The van der Waals surface area contributed by atoms with Crippen LogP contribution in [0, 0.1) is 0 Å². The van der Waals surface area contributed by atoms with Crippen LogP contribution in [0.1, 0.15) is 41.0 Å². The van der Waals surface area contributed by atoms with E-state index in [-0.39, 0.29) is 11.7 Å². The molecule has 1 heterocycles. The lowest BCUT2D eigenvalue weighted by molar-refractivity contribution is 0.0991. The van der Waals surface area contributed by atoms with Gasteiger partial charge in [-0.1, -0.05) is 46.3 Å². The Hall–Kier alpha value is -2.05. The Kier molecular flexibility index (Phi) is 5.30. The van der Waals surface area contributed by atoms with E-state index in [1.54, 1.807) is 24.3 Å². The van der Waals surface area contributed by atoms with Crippen LogP contribution < -0.4 is 4.80 Å². The van der Waals surface area contributed by atoms with Gasteiger partial charge in [0.1, 0.15) is 0 Å². The summed E-state index contributed by atoms with van der Waals surface area (Å²) in [6.45, 7) is 4.41. The molecule has 0 saturated carbocycles.